The highest BCUT2D eigenvalue weighted by Gasteiger charge is 2.33. The molecule has 0 spiro atoms. The zero-order chi connectivity index (χ0) is 8.86. The molecule has 1 aliphatic rings. The van der Waals surface area contributed by atoms with Crippen LogP contribution in [0.5, 0.6) is 0 Å². The van der Waals surface area contributed by atoms with Crippen LogP contribution in [0, 0.1) is 11.3 Å². The second-order valence-corrected chi connectivity index (χ2v) is 5.88. The molecule has 1 rings (SSSR count). The predicted octanol–water partition coefficient (Wildman–Crippen LogP) is 2.92. The molecule has 1 saturated heterocycles. The first-order valence-electron chi connectivity index (χ1n) is 4.46. The molecule has 0 saturated carbocycles. The summed E-state index contributed by atoms with van der Waals surface area (Å²) in [6, 6.07) is 2.49. The number of nitrogens with zero attached hydrogens (tertiary/aromatic N) is 1. The van der Waals surface area contributed by atoms with Gasteiger partial charge in [0.15, 0.2) is 0 Å². The molecule has 68 valence electrons. The van der Waals surface area contributed by atoms with Crippen molar-refractivity contribution in [2.45, 2.75) is 30.9 Å². The summed E-state index contributed by atoms with van der Waals surface area (Å²) in [5.74, 6) is 3.51. The Morgan fingerprint density at radius 2 is 2.50 bits per heavy atom. The van der Waals surface area contributed by atoms with E-state index < -0.39 is 0 Å². The summed E-state index contributed by atoms with van der Waals surface area (Å²) >= 11 is 3.81. The van der Waals surface area contributed by atoms with Crippen LogP contribution >= 0.6 is 23.5 Å². The van der Waals surface area contributed by atoms with Gasteiger partial charge in [0.2, 0.25) is 0 Å². The molecule has 0 aromatic rings. The molecule has 1 fully saturated rings. The second-order valence-electron chi connectivity index (χ2n) is 3.01. The second kappa shape index (κ2) is 5.04. The fraction of sp³-hybridized carbons (Fsp3) is 0.889. The van der Waals surface area contributed by atoms with E-state index in [1.54, 1.807) is 0 Å². The summed E-state index contributed by atoms with van der Waals surface area (Å²) in [5.41, 5.74) is 0. The average Bonchev–Trinajstić information content (AvgIpc) is 2.55. The van der Waals surface area contributed by atoms with Gasteiger partial charge in [-0.1, -0.05) is 6.92 Å². The highest BCUT2D eigenvalue weighted by atomic mass is 32.2. The Balaban J connectivity index is 2.30. The predicted molar refractivity (Wildman–Crippen MR) is 57.7 cm³/mol. The zero-order valence-electron chi connectivity index (χ0n) is 7.51. The largest absolute Gasteiger partial charge is 0.197 e. The topological polar surface area (TPSA) is 23.8 Å². The molecule has 1 heterocycles. The van der Waals surface area contributed by atoms with E-state index in [4.69, 9.17) is 5.26 Å². The lowest BCUT2D eigenvalue weighted by atomic mass is 10.0. The summed E-state index contributed by atoms with van der Waals surface area (Å²) in [5, 5.41) is 9.04. The van der Waals surface area contributed by atoms with Gasteiger partial charge in [0, 0.05) is 0 Å². The van der Waals surface area contributed by atoms with Crippen LogP contribution in [-0.4, -0.2) is 22.0 Å². The fourth-order valence-electron chi connectivity index (χ4n) is 1.42. The quantitative estimate of drug-likeness (QED) is 0.653. The van der Waals surface area contributed by atoms with Gasteiger partial charge in [-0.05, 0) is 36.5 Å². The lowest BCUT2D eigenvalue weighted by Gasteiger charge is -2.18. The minimum absolute atomic E-state index is 0.0117. The smallest absolute Gasteiger partial charge is 0.103 e. The van der Waals surface area contributed by atoms with Gasteiger partial charge in [-0.25, -0.2) is 0 Å². The summed E-state index contributed by atoms with van der Waals surface area (Å²) < 4.78 is -0.0117. The Hall–Kier alpha value is 0.190. The molecular weight excluding hydrogens is 186 g/mol. The van der Waals surface area contributed by atoms with E-state index in [1.165, 1.54) is 17.9 Å². The molecule has 0 radical (unpaired) electrons. The number of hydrogen-bond donors (Lipinski definition) is 0. The van der Waals surface area contributed by atoms with Crippen LogP contribution in [-0.2, 0) is 0 Å². The van der Waals surface area contributed by atoms with E-state index >= 15 is 0 Å². The van der Waals surface area contributed by atoms with Crippen molar-refractivity contribution < 1.29 is 0 Å². The van der Waals surface area contributed by atoms with E-state index in [0.29, 0.717) is 0 Å². The van der Waals surface area contributed by atoms with Crippen molar-refractivity contribution in [1.29, 1.82) is 5.26 Å². The van der Waals surface area contributed by atoms with E-state index in [-0.39, 0.29) is 4.75 Å². The summed E-state index contributed by atoms with van der Waals surface area (Å²) in [6.07, 6.45) is 3.42. The molecule has 0 aromatic carbocycles. The monoisotopic (exact) mass is 201 g/mol. The van der Waals surface area contributed by atoms with Crippen molar-refractivity contribution in [2.75, 3.05) is 17.3 Å². The molecule has 0 N–H and O–H groups in total. The lowest BCUT2D eigenvalue weighted by molar-refractivity contribution is 0.660. The average molecular weight is 201 g/mol. The van der Waals surface area contributed by atoms with Crippen LogP contribution in [0.2, 0.25) is 0 Å². The third-order valence-corrected chi connectivity index (χ3v) is 4.61. The van der Waals surface area contributed by atoms with Gasteiger partial charge in [-0.2, -0.15) is 17.0 Å². The van der Waals surface area contributed by atoms with Gasteiger partial charge in [-0.15, -0.1) is 11.8 Å². The summed E-state index contributed by atoms with van der Waals surface area (Å²) in [7, 11) is 0. The van der Waals surface area contributed by atoms with Gasteiger partial charge in [-0.3, -0.25) is 0 Å². The van der Waals surface area contributed by atoms with Gasteiger partial charge >= 0.3 is 0 Å². The molecular formula is C9H15NS2. The van der Waals surface area contributed by atoms with E-state index in [9.17, 15) is 0 Å². The molecule has 0 bridgehead atoms. The van der Waals surface area contributed by atoms with Crippen molar-refractivity contribution in [3.05, 3.63) is 0 Å². The maximum absolute atomic E-state index is 9.04. The Bertz CT molecular complexity index is 168. The van der Waals surface area contributed by atoms with Crippen molar-refractivity contribution in [3.8, 4) is 6.07 Å². The van der Waals surface area contributed by atoms with Crippen LogP contribution in [0.15, 0.2) is 0 Å². The molecule has 3 heteroatoms. The van der Waals surface area contributed by atoms with Gasteiger partial charge in [0.1, 0.15) is 4.75 Å². The van der Waals surface area contributed by atoms with Crippen molar-refractivity contribution >= 4 is 23.5 Å². The molecule has 1 aliphatic heterocycles. The van der Waals surface area contributed by atoms with Crippen LogP contribution in [0.1, 0.15) is 26.2 Å². The number of thioether (sulfide) groups is 2. The first-order chi connectivity index (χ1) is 5.83. The van der Waals surface area contributed by atoms with E-state index in [0.717, 1.165) is 18.6 Å². The highest BCUT2D eigenvalue weighted by molar-refractivity contribution is 8.01. The molecule has 1 atom stereocenters. The standard InChI is InChI=1S/C9H15NS2/c1-2-11-7-5-9(8-10)4-3-6-12-9/h2-7H2,1H3. The highest BCUT2D eigenvalue weighted by Crippen LogP contribution is 2.40. The molecule has 1 unspecified atom stereocenters. The lowest BCUT2D eigenvalue weighted by Crippen LogP contribution is -2.19. The van der Waals surface area contributed by atoms with Crippen molar-refractivity contribution in [2.24, 2.45) is 0 Å². The third kappa shape index (κ3) is 2.60. The maximum atomic E-state index is 9.04. The first-order valence-corrected chi connectivity index (χ1v) is 6.60. The summed E-state index contributed by atoms with van der Waals surface area (Å²) in [6.45, 7) is 2.17. The minimum Gasteiger partial charge on any atom is -0.197 e. The van der Waals surface area contributed by atoms with Crippen LogP contribution in [0.3, 0.4) is 0 Å². The fourth-order valence-corrected chi connectivity index (χ4v) is 3.61. The number of nitriles is 1. The molecule has 0 amide bonds. The van der Waals surface area contributed by atoms with Gasteiger partial charge < -0.3 is 0 Å². The first kappa shape index (κ1) is 10.3. The van der Waals surface area contributed by atoms with Gasteiger partial charge in [0.25, 0.3) is 0 Å². The maximum Gasteiger partial charge on any atom is 0.103 e. The van der Waals surface area contributed by atoms with Crippen LogP contribution in [0.25, 0.3) is 0 Å². The Kier molecular flexibility index (Phi) is 4.31. The van der Waals surface area contributed by atoms with Crippen molar-refractivity contribution in [3.63, 3.8) is 0 Å². The Labute approximate surface area is 83.3 Å². The van der Waals surface area contributed by atoms with Gasteiger partial charge in [0.05, 0.1) is 6.07 Å². The van der Waals surface area contributed by atoms with E-state index in [2.05, 4.69) is 13.0 Å². The molecule has 0 aliphatic carbocycles. The third-order valence-electron chi connectivity index (χ3n) is 2.16. The molecule has 1 nitrogen and oxygen atoms in total. The zero-order valence-corrected chi connectivity index (χ0v) is 9.14. The number of rotatable bonds is 4. The van der Waals surface area contributed by atoms with Crippen LogP contribution in [0.4, 0.5) is 0 Å². The Morgan fingerprint density at radius 3 is 3.00 bits per heavy atom. The normalized spacial score (nSPS) is 28.7. The van der Waals surface area contributed by atoms with Crippen molar-refractivity contribution in [1.82, 2.24) is 0 Å². The van der Waals surface area contributed by atoms with Crippen LogP contribution < -0.4 is 0 Å². The molecule has 0 aromatic heterocycles. The Morgan fingerprint density at radius 1 is 1.67 bits per heavy atom. The van der Waals surface area contributed by atoms with E-state index in [1.807, 2.05) is 23.5 Å². The molecule has 12 heavy (non-hydrogen) atoms. The minimum atomic E-state index is -0.0117. The summed E-state index contributed by atoms with van der Waals surface area (Å²) in [4.78, 5) is 0. The SMILES string of the molecule is CCSCCC1(C#N)CCCS1. The number of hydrogen-bond acceptors (Lipinski definition) is 3.